The van der Waals surface area contributed by atoms with Crippen LogP contribution in [0.3, 0.4) is 0 Å². The molecule has 7 nitrogen and oxygen atoms in total. The Kier molecular flexibility index (Phi) is 7.87. The van der Waals surface area contributed by atoms with Crippen LogP contribution in [0.5, 0.6) is 0 Å². The number of aliphatic hydroxyl groups excluding tert-OH is 1. The Labute approximate surface area is 153 Å². The summed E-state index contributed by atoms with van der Waals surface area (Å²) in [5.41, 5.74) is 0.814. The number of piperidine rings is 1. The molecule has 0 aliphatic carbocycles. The van der Waals surface area contributed by atoms with Crippen LogP contribution in [0, 0.1) is 0 Å². The molecule has 144 valence electrons. The van der Waals surface area contributed by atoms with E-state index in [9.17, 15) is 9.59 Å². The smallest absolute Gasteiger partial charge is 0.410 e. The minimum Gasteiger partial charge on any atom is -0.468 e. The van der Waals surface area contributed by atoms with Gasteiger partial charge < -0.3 is 24.2 Å². The zero-order valence-corrected chi connectivity index (χ0v) is 15.3. The summed E-state index contributed by atoms with van der Waals surface area (Å²) in [6.07, 6.45) is 1.40. The van der Waals surface area contributed by atoms with Crippen LogP contribution in [0.1, 0.15) is 30.7 Å². The van der Waals surface area contributed by atoms with Gasteiger partial charge >= 0.3 is 12.1 Å². The molecule has 3 atom stereocenters. The standard InChI is InChI=1S/C19H27NO6/c1-24-15(12-21)13-26-19(23)20-11-7-6-10-16(20)17(18(22)25-2)14-8-4-3-5-9-14/h3-5,8-9,15-17,21H,6-7,10-13H2,1-2H3. The average molecular weight is 365 g/mol. The number of rotatable bonds is 7. The summed E-state index contributed by atoms with van der Waals surface area (Å²) in [6.45, 7) is 0.242. The van der Waals surface area contributed by atoms with Crippen LogP contribution < -0.4 is 0 Å². The van der Waals surface area contributed by atoms with Crippen molar-refractivity contribution >= 4 is 12.1 Å². The highest BCUT2D eigenvalue weighted by Gasteiger charge is 2.39. The van der Waals surface area contributed by atoms with Crippen molar-refractivity contribution in [3.8, 4) is 0 Å². The van der Waals surface area contributed by atoms with Crippen LogP contribution in [0.2, 0.25) is 0 Å². The monoisotopic (exact) mass is 365 g/mol. The normalized spacial score (nSPS) is 19.5. The molecule has 0 spiro atoms. The predicted octanol–water partition coefficient (Wildman–Crippen LogP) is 1.94. The lowest BCUT2D eigenvalue weighted by atomic mass is 9.85. The number of carbonyl (C=O) groups is 2. The molecule has 7 heteroatoms. The molecular formula is C19H27NO6. The Morgan fingerprint density at radius 1 is 1.23 bits per heavy atom. The molecule has 3 unspecified atom stereocenters. The number of hydrogen-bond acceptors (Lipinski definition) is 6. The van der Waals surface area contributed by atoms with E-state index in [2.05, 4.69) is 0 Å². The maximum Gasteiger partial charge on any atom is 0.410 e. The number of nitrogens with zero attached hydrogens (tertiary/aromatic N) is 1. The molecular weight excluding hydrogens is 338 g/mol. The Morgan fingerprint density at radius 3 is 2.58 bits per heavy atom. The number of hydrogen-bond donors (Lipinski definition) is 1. The fourth-order valence-electron chi connectivity index (χ4n) is 3.28. The Balaban J connectivity index is 2.19. The van der Waals surface area contributed by atoms with Crippen molar-refractivity contribution < 1.29 is 28.9 Å². The lowest BCUT2D eigenvalue weighted by Crippen LogP contribution is -2.49. The summed E-state index contributed by atoms with van der Waals surface area (Å²) in [6, 6.07) is 9.01. The molecule has 0 bridgehead atoms. The van der Waals surface area contributed by atoms with E-state index in [1.807, 2.05) is 30.3 Å². The molecule has 0 radical (unpaired) electrons. The van der Waals surface area contributed by atoms with Crippen molar-refractivity contribution in [3.63, 3.8) is 0 Å². The second-order valence-corrected chi connectivity index (χ2v) is 6.29. The summed E-state index contributed by atoms with van der Waals surface area (Å²) >= 11 is 0. The van der Waals surface area contributed by atoms with E-state index in [4.69, 9.17) is 19.3 Å². The molecule has 1 aromatic carbocycles. The van der Waals surface area contributed by atoms with Crippen LogP contribution >= 0.6 is 0 Å². The highest BCUT2D eigenvalue weighted by atomic mass is 16.6. The van der Waals surface area contributed by atoms with Crippen LogP contribution in [0.4, 0.5) is 4.79 Å². The molecule has 1 saturated heterocycles. The maximum absolute atomic E-state index is 12.6. The summed E-state index contributed by atoms with van der Waals surface area (Å²) in [7, 11) is 2.80. The van der Waals surface area contributed by atoms with Crippen molar-refractivity contribution in [3.05, 3.63) is 35.9 Å². The first-order valence-corrected chi connectivity index (χ1v) is 8.82. The first-order chi connectivity index (χ1) is 12.6. The van der Waals surface area contributed by atoms with Crippen molar-refractivity contribution in [1.82, 2.24) is 4.90 Å². The number of benzene rings is 1. The molecule has 0 aromatic heterocycles. The van der Waals surface area contributed by atoms with Gasteiger partial charge in [-0.15, -0.1) is 0 Å². The molecule has 1 fully saturated rings. The highest BCUT2D eigenvalue weighted by molar-refractivity contribution is 5.80. The van der Waals surface area contributed by atoms with Crippen LogP contribution in [-0.2, 0) is 19.0 Å². The molecule has 2 rings (SSSR count). The highest BCUT2D eigenvalue weighted by Crippen LogP contribution is 2.32. The molecule has 26 heavy (non-hydrogen) atoms. The van der Waals surface area contributed by atoms with Gasteiger partial charge in [0, 0.05) is 13.7 Å². The van der Waals surface area contributed by atoms with E-state index in [0.717, 1.165) is 18.4 Å². The summed E-state index contributed by atoms with van der Waals surface area (Å²) in [5, 5.41) is 9.15. The predicted molar refractivity (Wildman–Crippen MR) is 94.8 cm³/mol. The number of methoxy groups -OCH3 is 2. The van der Waals surface area contributed by atoms with Gasteiger partial charge in [-0.05, 0) is 24.8 Å². The van der Waals surface area contributed by atoms with E-state index >= 15 is 0 Å². The fraction of sp³-hybridized carbons (Fsp3) is 0.579. The second kappa shape index (κ2) is 10.1. The number of aliphatic hydroxyl groups is 1. The molecule has 1 amide bonds. The zero-order chi connectivity index (χ0) is 18.9. The third kappa shape index (κ3) is 4.95. The summed E-state index contributed by atoms with van der Waals surface area (Å²) in [5.74, 6) is -0.934. The Hall–Kier alpha value is -2.12. The number of carbonyl (C=O) groups excluding carboxylic acids is 2. The Bertz CT molecular complexity index is 575. The van der Waals surface area contributed by atoms with Gasteiger partial charge in [-0.1, -0.05) is 30.3 Å². The van der Waals surface area contributed by atoms with Gasteiger partial charge in [0.1, 0.15) is 18.6 Å². The molecule has 0 saturated carbocycles. The molecule has 1 heterocycles. The third-order valence-electron chi connectivity index (χ3n) is 4.71. The lowest BCUT2D eigenvalue weighted by Gasteiger charge is -2.38. The van der Waals surface area contributed by atoms with E-state index < -0.39 is 18.1 Å². The summed E-state index contributed by atoms with van der Waals surface area (Å²) < 4.78 is 15.3. The Morgan fingerprint density at radius 2 is 1.96 bits per heavy atom. The molecule has 1 aromatic rings. The van der Waals surface area contributed by atoms with Gasteiger partial charge in [0.15, 0.2) is 0 Å². The minimum absolute atomic E-state index is 0.0384. The number of ether oxygens (including phenoxy) is 3. The largest absolute Gasteiger partial charge is 0.468 e. The fourth-order valence-corrected chi connectivity index (χ4v) is 3.28. The van der Waals surface area contributed by atoms with Gasteiger partial charge in [-0.3, -0.25) is 4.79 Å². The van der Waals surface area contributed by atoms with Crippen molar-refractivity contribution in [1.29, 1.82) is 0 Å². The minimum atomic E-state index is -0.565. The molecule has 1 N–H and O–H groups in total. The topological polar surface area (TPSA) is 85.3 Å². The van der Waals surface area contributed by atoms with Crippen molar-refractivity contribution in [2.45, 2.75) is 37.3 Å². The average Bonchev–Trinajstić information content (AvgIpc) is 2.69. The first-order valence-electron chi connectivity index (χ1n) is 8.82. The van der Waals surface area contributed by atoms with Gasteiger partial charge in [0.05, 0.1) is 19.8 Å². The number of amides is 1. The zero-order valence-electron chi connectivity index (χ0n) is 15.3. The lowest BCUT2D eigenvalue weighted by molar-refractivity contribution is -0.144. The number of likely N-dealkylation sites (tertiary alicyclic amines) is 1. The van der Waals surface area contributed by atoms with Crippen LogP contribution in [0.25, 0.3) is 0 Å². The van der Waals surface area contributed by atoms with Crippen LogP contribution in [-0.4, -0.2) is 68.2 Å². The molecule has 1 aliphatic rings. The van der Waals surface area contributed by atoms with Gasteiger partial charge in [0.25, 0.3) is 0 Å². The maximum atomic E-state index is 12.6. The van der Waals surface area contributed by atoms with Crippen molar-refractivity contribution in [2.75, 3.05) is 34.0 Å². The van der Waals surface area contributed by atoms with E-state index in [1.165, 1.54) is 14.2 Å². The van der Waals surface area contributed by atoms with Crippen molar-refractivity contribution in [2.24, 2.45) is 0 Å². The van der Waals surface area contributed by atoms with E-state index in [0.29, 0.717) is 13.0 Å². The SMILES string of the molecule is COC(=O)C(c1ccccc1)C1CCCCN1C(=O)OCC(CO)OC. The number of esters is 1. The van der Waals surface area contributed by atoms with E-state index in [1.54, 1.807) is 4.90 Å². The third-order valence-corrected chi connectivity index (χ3v) is 4.71. The summed E-state index contributed by atoms with van der Waals surface area (Å²) in [4.78, 5) is 26.7. The molecule has 1 aliphatic heterocycles. The van der Waals surface area contributed by atoms with Gasteiger partial charge in [0.2, 0.25) is 0 Å². The van der Waals surface area contributed by atoms with Gasteiger partial charge in [-0.2, -0.15) is 0 Å². The first kappa shape index (κ1) is 20.2. The van der Waals surface area contributed by atoms with Crippen LogP contribution in [0.15, 0.2) is 30.3 Å². The quantitative estimate of drug-likeness (QED) is 0.744. The van der Waals surface area contributed by atoms with Gasteiger partial charge in [-0.25, -0.2) is 4.79 Å². The van der Waals surface area contributed by atoms with E-state index in [-0.39, 0.29) is 25.2 Å². The second-order valence-electron chi connectivity index (χ2n) is 6.29.